The Bertz CT molecular complexity index is 579. The highest BCUT2D eigenvalue weighted by atomic mass is 31.2. The molecule has 0 aliphatic rings. The predicted octanol–water partition coefficient (Wildman–Crippen LogP) is 7.71. The van der Waals surface area contributed by atoms with Gasteiger partial charge in [-0.05, 0) is 51.4 Å². The Morgan fingerprint density at radius 1 is 0.647 bits per heavy atom. The third-order valence-electron chi connectivity index (χ3n) is 6.28. The van der Waals surface area contributed by atoms with E-state index in [0.717, 1.165) is 38.5 Å². The minimum absolute atomic E-state index is 0.0542. The monoisotopic (exact) mass is 502 g/mol. The summed E-state index contributed by atoms with van der Waals surface area (Å²) in [6.45, 7) is 2.32. The molecule has 0 aromatic carbocycles. The van der Waals surface area contributed by atoms with Gasteiger partial charge in [0.05, 0.1) is 21.1 Å². The molecule has 0 aliphatic heterocycles. The fourth-order valence-corrected chi connectivity index (χ4v) is 5.39. The molecule has 0 heterocycles. The third kappa shape index (κ3) is 19.8. The van der Waals surface area contributed by atoms with Crippen LogP contribution in [0, 0.1) is 0 Å². The minimum Gasteiger partial charge on any atom is -0.373 e. The first kappa shape index (κ1) is 33.5. The topological polar surface area (TPSA) is 77.8 Å². The molecule has 0 rings (SSSR count). The molecule has 5 nitrogen and oxygen atoms in total. The third-order valence-corrected chi connectivity index (χ3v) is 7.72. The summed E-state index contributed by atoms with van der Waals surface area (Å²) in [5.41, 5.74) is 0. The van der Waals surface area contributed by atoms with Gasteiger partial charge in [-0.2, -0.15) is 0 Å². The summed E-state index contributed by atoms with van der Waals surface area (Å²) in [7, 11) is 0.959. The molecular formula is C28H57NO4P+. The number of quaternary nitrogens is 1. The first-order valence-corrected chi connectivity index (χ1v) is 15.5. The first-order valence-electron chi connectivity index (χ1n) is 13.9. The quantitative estimate of drug-likeness (QED) is 0.0578. The van der Waals surface area contributed by atoms with Crippen LogP contribution in [0.4, 0.5) is 0 Å². The average Bonchev–Trinajstić information content (AvgIpc) is 2.73. The molecule has 0 bridgehead atoms. The second-order valence-corrected chi connectivity index (χ2v) is 13.0. The Morgan fingerprint density at radius 2 is 1.03 bits per heavy atom. The number of hydrogen-bond donors (Lipinski definition) is 3. The lowest BCUT2D eigenvalue weighted by atomic mass is 10.1. The van der Waals surface area contributed by atoms with Gasteiger partial charge in [0.1, 0.15) is 6.54 Å². The molecule has 1 unspecified atom stereocenters. The Labute approximate surface area is 211 Å². The Balaban J connectivity index is 3.63. The van der Waals surface area contributed by atoms with Gasteiger partial charge in [0.25, 0.3) is 0 Å². The van der Waals surface area contributed by atoms with Gasteiger partial charge in [-0.1, -0.05) is 95.4 Å². The van der Waals surface area contributed by atoms with Gasteiger partial charge in [-0.15, -0.1) is 0 Å². The van der Waals surface area contributed by atoms with E-state index in [1.807, 2.05) is 21.1 Å². The van der Waals surface area contributed by atoms with Crippen molar-refractivity contribution in [3.05, 3.63) is 24.3 Å². The summed E-state index contributed by atoms with van der Waals surface area (Å²) >= 11 is 0. The lowest BCUT2D eigenvalue weighted by Gasteiger charge is -2.35. The molecule has 0 fully saturated rings. The van der Waals surface area contributed by atoms with Crippen molar-refractivity contribution < 1.29 is 23.9 Å². The molecule has 0 saturated carbocycles. The van der Waals surface area contributed by atoms with Crippen molar-refractivity contribution in [2.24, 2.45) is 0 Å². The van der Waals surface area contributed by atoms with E-state index >= 15 is 0 Å². The van der Waals surface area contributed by atoms with E-state index in [1.165, 1.54) is 64.2 Å². The van der Waals surface area contributed by atoms with Crippen molar-refractivity contribution in [1.29, 1.82) is 0 Å². The number of unbranched alkanes of at least 4 members (excludes halogenated alkanes) is 14. The zero-order valence-electron chi connectivity index (χ0n) is 22.9. The molecule has 0 amide bonds. The van der Waals surface area contributed by atoms with Crippen LogP contribution in [0.25, 0.3) is 0 Å². The largest absolute Gasteiger partial charge is 0.373 e. The predicted molar refractivity (Wildman–Crippen MR) is 147 cm³/mol. The maximum atomic E-state index is 11.8. The normalized spacial score (nSPS) is 14.9. The van der Waals surface area contributed by atoms with Crippen LogP contribution in [0.2, 0.25) is 0 Å². The summed E-state index contributed by atoms with van der Waals surface area (Å²) in [5.74, 6) is 0. The number of rotatable bonds is 23. The maximum Gasteiger partial charge on any atom is 0.362 e. The molecule has 0 aromatic rings. The number of hydrogen-bond acceptors (Lipinski definition) is 2. The summed E-state index contributed by atoms with van der Waals surface area (Å²) in [5, 5.41) is 8.63. The highest BCUT2D eigenvalue weighted by Crippen LogP contribution is 2.52. The van der Waals surface area contributed by atoms with Crippen molar-refractivity contribution in [2.75, 3.05) is 27.7 Å². The molecule has 0 aliphatic carbocycles. The van der Waals surface area contributed by atoms with E-state index < -0.39 is 12.9 Å². The van der Waals surface area contributed by atoms with Gasteiger partial charge >= 0.3 is 7.60 Å². The molecule has 34 heavy (non-hydrogen) atoms. The SMILES string of the molecule is CCCCCCCCC/C=C\CC/C=C\CCCCCCCCC(O)(C[N+](C)(C)C)P(=O)(O)O. The summed E-state index contributed by atoms with van der Waals surface area (Å²) in [6, 6.07) is 0. The second-order valence-electron chi connectivity index (χ2n) is 11.1. The van der Waals surface area contributed by atoms with Gasteiger partial charge in [0, 0.05) is 0 Å². The van der Waals surface area contributed by atoms with Crippen LogP contribution < -0.4 is 0 Å². The van der Waals surface area contributed by atoms with Crippen LogP contribution >= 0.6 is 7.60 Å². The first-order chi connectivity index (χ1) is 16.0. The van der Waals surface area contributed by atoms with E-state index in [0.29, 0.717) is 10.9 Å². The summed E-state index contributed by atoms with van der Waals surface area (Å²) in [4.78, 5) is 19.2. The Hall–Kier alpha value is -0.450. The molecule has 6 heteroatoms. The van der Waals surface area contributed by atoms with Crippen molar-refractivity contribution in [3.63, 3.8) is 0 Å². The average molecular weight is 503 g/mol. The van der Waals surface area contributed by atoms with Crippen molar-refractivity contribution in [2.45, 2.75) is 128 Å². The van der Waals surface area contributed by atoms with Crippen LogP contribution in [0.5, 0.6) is 0 Å². The van der Waals surface area contributed by atoms with E-state index in [2.05, 4.69) is 31.2 Å². The fraction of sp³-hybridized carbons (Fsp3) is 0.857. The Kier molecular flexibility index (Phi) is 19.4. The molecule has 0 spiro atoms. The highest BCUT2D eigenvalue weighted by Gasteiger charge is 2.48. The summed E-state index contributed by atoms with van der Waals surface area (Å²) in [6.07, 6.45) is 29.8. The van der Waals surface area contributed by atoms with Crippen LogP contribution in [-0.4, -0.2) is 52.4 Å². The van der Waals surface area contributed by atoms with Crippen molar-refractivity contribution in [3.8, 4) is 0 Å². The lowest BCUT2D eigenvalue weighted by molar-refractivity contribution is -0.875. The second kappa shape index (κ2) is 19.7. The standard InChI is InChI=1S/C28H56NO4P/c1-5-6-7-8-9-10-11-12-13-14-15-16-17-18-19-20-21-22-23-24-25-26-28(30,34(31,32)33)27-29(2,3)4/h13-14,17-18,30H,5-12,15-16,19-27H2,1-4H3,(H-,31,32,33)/p+1/b14-13-,18-17-. The molecule has 0 saturated heterocycles. The van der Waals surface area contributed by atoms with Crippen LogP contribution in [-0.2, 0) is 4.57 Å². The van der Waals surface area contributed by atoms with Crippen LogP contribution in [0.3, 0.4) is 0 Å². The molecular weight excluding hydrogens is 445 g/mol. The smallest absolute Gasteiger partial charge is 0.362 e. The van der Waals surface area contributed by atoms with E-state index in [-0.39, 0.29) is 13.0 Å². The lowest BCUT2D eigenvalue weighted by Crippen LogP contribution is -2.49. The van der Waals surface area contributed by atoms with E-state index in [9.17, 15) is 19.5 Å². The number of likely N-dealkylation sites (N-methyl/N-ethyl adjacent to an activating group) is 1. The molecule has 0 radical (unpaired) electrons. The zero-order valence-corrected chi connectivity index (χ0v) is 23.8. The van der Waals surface area contributed by atoms with Crippen molar-refractivity contribution >= 4 is 7.60 Å². The minimum atomic E-state index is -4.55. The van der Waals surface area contributed by atoms with E-state index in [1.54, 1.807) is 0 Å². The van der Waals surface area contributed by atoms with Gasteiger partial charge in [-0.25, -0.2) is 0 Å². The maximum absolute atomic E-state index is 11.8. The van der Waals surface area contributed by atoms with Crippen LogP contribution in [0.15, 0.2) is 24.3 Å². The number of nitrogens with zero attached hydrogens (tertiary/aromatic N) is 1. The van der Waals surface area contributed by atoms with E-state index in [4.69, 9.17) is 0 Å². The van der Waals surface area contributed by atoms with Crippen molar-refractivity contribution in [1.82, 2.24) is 0 Å². The molecule has 1 atom stereocenters. The number of allylic oxidation sites excluding steroid dienone is 4. The van der Waals surface area contributed by atoms with Gasteiger partial charge < -0.3 is 19.4 Å². The molecule has 0 aromatic heterocycles. The summed E-state index contributed by atoms with van der Waals surface area (Å²) < 4.78 is 12.1. The number of aliphatic hydroxyl groups is 1. The Morgan fingerprint density at radius 3 is 1.44 bits per heavy atom. The van der Waals surface area contributed by atoms with Gasteiger partial charge in [-0.3, -0.25) is 4.57 Å². The van der Waals surface area contributed by atoms with Gasteiger partial charge in [0.15, 0.2) is 0 Å². The van der Waals surface area contributed by atoms with Crippen LogP contribution in [0.1, 0.15) is 122 Å². The molecule has 202 valence electrons. The zero-order chi connectivity index (χ0) is 25.8. The van der Waals surface area contributed by atoms with Gasteiger partial charge in [0.2, 0.25) is 5.34 Å². The molecule has 3 N–H and O–H groups in total. The fourth-order valence-electron chi connectivity index (χ4n) is 4.34. The highest BCUT2D eigenvalue weighted by molar-refractivity contribution is 7.53.